The second kappa shape index (κ2) is 3.07. The fourth-order valence-electron chi connectivity index (χ4n) is 0.795. The molecule has 0 saturated carbocycles. The van der Waals surface area contributed by atoms with Gasteiger partial charge in [-0.05, 0) is 5.56 Å². The molecule has 0 heterocycles. The van der Waals surface area contributed by atoms with Crippen LogP contribution in [-0.4, -0.2) is 7.85 Å². The van der Waals surface area contributed by atoms with Crippen LogP contribution in [0, 0.1) is 0 Å². The first-order chi connectivity index (χ1) is 4.33. The van der Waals surface area contributed by atoms with Crippen molar-refractivity contribution in [2.24, 2.45) is 0 Å². The van der Waals surface area contributed by atoms with Crippen LogP contribution in [-0.2, 0) is 5.33 Å². The van der Waals surface area contributed by atoms with Crippen LogP contribution in [0.2, 0.25) is 0 Å². The average Bonchev–Trinajstić information content (AvgIpc) is 1.88. The van der Waals surface area contributed by atoms with Gasteiger partial charge in [0.15, 0.2) is 0 Å². The first-order valence-corrected chi connectivity index (χ1v) is 4.06. The summed E-state index contributed by atoms with van der Waals surface area (Å²) in [6, 6.07) is 8.47. The summed E-state index contributed by atoms with van der Waals surface area (Å²) in [5.74, 6) is 0. The summed E-state index contributed by atoms with van der Waals surface area (Å²) in [5.41, 5.74) is 2.67. The maximum atomic E-state index is 3.39. The Kier molecular flexibility index (Phi) is 2.34. The molecule has 0 atom stereocenters. The van der Waals surface area contributed by atoms with E-state index in [4.69, 9.17) is 0 Å². The minimum atomic E-state index is 0.953. The summed E-state index contributed by atoms with van der Waals surface area (Å²) in [6.45, 7) is 0. The highest BCUT2D eigenvalue weighted by atomic mass is 79.9. The highest BCUT2D eigenvalue weighted by Crippen LogP contribution is 2.00. The minimum Gasteiger partial charge on any atom is -0.0887 e. The van der Waals surface area contributed by atoms with Gasteiger partial charge in [-0.1, -0.05) is 45.7 Å². The lowest BCUT2D eigenvalue weighted by Gasteiger charge is -1.94. The Bertz CT molecular complexity index is 198. The lowest BCUT2D eigenvalue weighted by atomic mass is 9.95. The zero-order valence-corrected chi connectivity index (χ0v) is 6.98. The maximum Gasteiger partial charge on any atom is 0.139 e. The summed E-state index contributed by atoms with van der Waals surface area (Å²) >= 11 is 3.39. The third-order valence-corrected chi connectivity index (χ3v) is 1.88. The number of hydrogen-bond acceptors (Lipinski definition) is 0. The van der Waals surface area contributed by atoms with Gasteiger partial charge in [0, 0.05) is 5.33 Å². The SMILES string of the molecule is Bc1cccc(CBr)c1. The molecule has 0 fully saturated rings. The fraction of sp³-hybridized carbons (Fsp3) is 0.143. The third-order valence-electron chi connectivity index (χ3n) is 1.24. The molecule has 1 aromatic carbocycles. The van der Waals surface area contributed by atoms with Crippen molar-refractivity contribution in [3.63, 3.8) is 0 Å². The normalized spacial score (nSPS) is 9.44. The van der Waals surface area contributed by atoms with Crippen LogP contribution in [0.15, 0.2) is 24.3 Å². The lowest BCUT2D eigenvalue weighted by Crippen LogP contribution is -2.00. The largest absolute Gasteiger partial charge is 0.139 e. The second-order valence-corrected chi connectivity index (χ2v) is 2.68. The molecule has 0 spiro atoms. The quantitative estimate of drug-likeness (QED) is 0.446. The number of alkyl halides is 1. The standard InChI is InChI=1S/C7H8BBr/c8-7-3-1-2-6(4-7)5-9/h1-4H,5,8H2. The van der Waals surface area contributed by atoms with Gasteiger partial charge >= 0.3 is 0 Å². The molecule has 2 heteroatoms. The molecule has 0 aromatic heterocycles. The maximum absolute atomic E-state index is 3.39. The molecule has 0 aliphatic heterocycles. The van der Waals surface area contributed by atoms with Crippen molar-refractivity contribution in [3.8, 4) is 0 Å². The first-order valence-electron chi connectivity index (χ1n) is 2.94. The molecule has 0 aliphatic carbocycles. The van der Waals surface area contributed by atoms with Crippen molar-refractivity contribution in [2.75, 3.05) is 0 Å². The Morgan fingerprint density at radius 2 is 2.22 bits per heavy atom. The fourth-order valence-corrected chi connectivity index (χ4v) is 1.14. The lowest BCUT2D eigenvalue weighted by molar-refractivity contribution is 1.46. The van der Waals surface area contributed by atoms with Gasteiger partial charge in [-0.25, -0.2) is 0 Å². The number of hydrogen-bond donors (Lipinski definition) is 0. The number of halogens is 1. The molecule has 0 nitrogen and oxygen atoms in total. The van der Waals surface area contributed by atoms with Crippen LogP contribution in [0.4, 0.5) is 0 Å². The van der Waals surface area contributed by atoms with Gasteiger partial charge in [-0.2, -0.15) is 0 Å². The van der Waals surface area contributed by atoms with Crippen molar-refractivity contribution in [1.29, 1.82) is 0 Å². The minimum absolute atomic E-state index is 0.953. The van der Waals surface area contributed by atoms with Crippen LogP contribution >= 0.6 is 15.9 Å². The van der Waals surface area contributed by atoms with E-state index in [0.717, 1.165) is 5.33 Å². The molecule has 9 heavy (non-hydrogen) atoms. The van der Waals surface area contributed by atoms with Crippen molar-refractivity contribution in [1.82, 2.24) is 0 Å². The van der Waals surface area contributed by atoms with Crippen LogP contribution in [0.1, 0.15) is 5.56 Å². The van der Waals surface area contributed by atoms with Crippen LogP contribution in [0.3, 0.4) is 0 Å². The Morgan fingerprint density at radius 1 is 1.44 bits per heavy atom. The summed E-state index contributed by atoms with van der Waals surface area (Å²) < 4.78 is 0. The monoisotopic (exact) mass is 182 g/mol. The van der Waals surface area contributed by atoms with E-state index in [2.05, 4.69) is 48.0 Å². The smallest absolute Gasteiger partial charge is 0.0887 e. The zero-order chi connectivity index (χ0) is 6.69. The molecule has 0 unspecified atom stereocenters. The molecule has 0 radical (unpaired) electrons. The Balaban J connectivity index is 2.94. The topological polar surface area (TPSA) is 0 Å². The summed E-state index contributed by atoms with van der Waals surface area (Å²) in [7, 11) is 2.10. The van der Waals surface area contributed by atoms with E-state index >= 15 is 0 Å². The van der Waals surface area contributed by atoms with E-state index in [9.17, 15) is 0 Å². The predicted octanol–water partition coefficient (Wildman–Crippen LogP) is 0.840. The summed E-state index contributed by atoms with van der Waals surface area (Å²) in [5, 5.41) is 0.953. The molecule has 0 bridgehead atoms. The third kappa shape index (κ3) is 1.86. The molecule has 0 aliphatic rings. The molecule has 0 amide bonds. The summed E-state index contributed by atoms with van der Waals surface area (Å²) in [4.78, 5) is 0. The van der Waals surface area contributed by atoms with Crippen molar-refractivity contribution >= 4 is 29.2 Å². The average molecular weight is 183 g/mol. The first kappa shape index (κ1) is 6.88. The molecule has 0 saturated heterocycles. The van der Waals surface area contributed by atoms with Crippen molar-refractivity contribution in [3.05, 3.63) is 29.8 Å². The van der Waals surface area contributed by atoms with Crippen LogP contribution in [0.25, 0.3) is 0 Å². The van der Waals surface area contributed by atoms with Gasteiger partial charge in [0.1, 0.15) is 7.85 Å². The molecule has 46 valence electrons. The highest BCUT2D eigenvalue weighted by molar-refractivity contribution is 9.08. The number of rotatable bonds is 1. The Labute approximate surface area is 64.8 Å². The van der Waals surface area contributed by atoms with E-state index in [1.165, 1.54) is 11.0 Å². The molecular formula is C7H8BBr. The Hall–Kier alpha value is -0.235. The van der Waals surface area contributed by atoms with Gasteiger partial charge in [-0.15, -0.1) is 0 Å². The van der Waals surface area contributed by atoms with Gasteiger partial charge in [0.2, 0.25) is 0 Å². The van der Waals surface area contributed by atoms with Crippen molar-refractivity contribution < 1.29 is 0 Å². The van der Waals surface area contributed by atoms with Crippen LogP contribution in [0.5, 0.6) is 0 Å². The van der Waals surface area contributed by atoms with E-state index in [1.54, 1.807) is 0 Å². The summed E-state index contributed by atoms with van der Waals surface area (Å²) in [6.07, 6.45) is 0. The Morgan fingerprint density at radius 3 is 2.67 bits per heavy atom. The molecule has 1 aromatic rings. The van der Waals surface area contributed by atoms with E-state index in [1.807, 2.05) is 0 Å². The highest BCUT2D eigenvalue weighted by Gasteiger charge is 1.86. The molecular weight excluding hydrogens is 175 g/mol. The van der Waals surface area contributed by atoms with Crippen molar-refractivity contribution in [2.45, 2.75) is 5.33 Å². The molecule has 0 N–H and O–H groups in total. The van der Waals surface area contributed by atoms with Crippen LogP contribution < -0.4 is 5.46 Å². The van der Waals surface area contributed by atoms with E-state index in [-0.39, 0.29) is 0 Å². The van der Waals surface area contributed by atoms with Gasteiger partial charge in [0.05, 0.1) is 0 Å². The van der Waals surface area contributed by atoms with Gasteiger partial charge in [0.25, 0.3) is 0 Å². The predicted molar refractivity (Wildman–Crippen MR) is 47.3 cm³/mol. The van der Waals surface area contributed by atoms with E-state index in [0.29, 0.717) is 0 Å². The molecule has 1 rings (SSSR count). The van der Waals surface area contributed by atoms with Gasteiger partial charge < -0.3 is 0 Å². The second-order valence-electron chi connectivity index (χ2n) is 2.12. The zero-order valence-electron chi connectivity index (χ0n) is 5.39. The van der Waals surface area contributed by atoms with Gasteiger partial charge in [-0.3, -0.25) is 0 Å². The van der Waals surface area contributed by atoms with E-state index < -0.39 is 0 Å². The number of benzene rings is 1.